The molecule has 3 heteroatoms. The molecule has 0 aliphatic heterocycles. The van der Waals surface area contributed by atoms with Crippen molar-refractivity contribution >= 4 is 49.3 Å². The molecule has 0 aliphatic rings. The lowest BCUT2D eigenvalue weighted by Gasteiger charge is -2.11. The van der Waals surface area contributed by atoms with Crippen molar-refractivity contribution in [1.29, 1.82) is 0 Å². The molecule has 0 aliphatic carbocycles. The fourth-order valence-electron chi connectivity index (χ4n) is 6.51. The van der Waals surface area contributed by atoms with Gasteiger partial charge in [0.1, 0.15) is 16.8 Å². The number of fused-ring (bicyclic) bond motifs is 9. The lowest BCUT2D eigenvalue weighted by Crippen LogP contribution is -1.91. The van der Waals surface area contributed by atoms with Gasteiger partial charge in [-0.15, -0.1) is 0 Å². The molecular weight excluding hydrogens is 512 g/mol. The Hall–Kier alpha value is -5.67. The lowest BCUT2D eigenvalue weighted by molar-refractivity contribution is 0.671. The van der Waals surface area contributed by atoms with E-state index in [0.29, 0.717) is 0 Å². The Kier molecular flexibility index (Phi) is 4.90. The van der Waals surface area contributed by atoms with Gasteiger partial charge < -0.3 is 4.42 Å². The molecule has 9 rings (SSSR count). The van der Waals surface area contributed by atoms with Crippen LogP contribution < -0.4 is 0 Å². The number of pyridine rings is 1. The summed E-state index contributed by atoms with van der Waals surface area (Å²) in [6.07, 6.45) is 3.92. The van der Waals surface area contributed by atoms with Crippen LogP contribution in [0.1, 0.15) is 0 Å². The van der Waals surface area contributed by atoms with Crippen molar-refractivity contribution in [2.75, 3.05) is 0 Å². The van der Waals surface area contributed by atoms with Gasteiger partial charge in [-0.05, 0) is 45.8 Å². The van der Waals surface area contributed by atoms with Crippen molar-refractivity contribution in [3.8, 4) is 33.4 Å². The standard InChI is InChI=1S/C39H24N2O/c1-2-9-25(10-3-1)29-15-7-17-32-33-18-8-16-30(38(33)42-37(29)32)28-12-6-11-26(23-28)27-19-20-36-35(24-27)31-13-4-5-14-34(31)39-40-21-22-41(36)39/h1-24H. The summed E-state index contributed by atoms with van der Waals surface area (Å²) in [5.41, 5.74) is 10.8. The molecular formula is C39H24N2O. The molecule has 0 saturated heterocycles. The summed E-state index contributed by atoms with van der Waals surface area (Å²) in [4.78, 5) is 4.64. The highest BCUT2D eigenvalue weighted by molar-refractivity contribution is 6.14. The van der Waals surface area contributed by atoms with Gasteiger partial charge in [0.2, 0.25) is 0 Å². The molecule has 0 N–H and O–H groups in total. The van der Waals surface area contributed by atoms with Gasteiger partial charge in [-0.1, -0.05) is 115 Å². The first-order valence-corrected chi connectivity index (χ1v) is 14.2. The number of para-hydroxylation sites is 2. The highest BCUT2D eigenvalue weighted by atomic mass is 16.3. The fraction of sp³-hybridized carbons (Fsp3) is 0. The van der Waals surface area contributed by atoms with Gasteiger partial charge >= 0.3 is 0 Å². The van der Waals surface area contributed by atoms with Crippen LogP contribution >= 0.6 is 0 Å². The molecule has 3 nitrogen and oxygen atoms in total. The van der Waals surface area contributed by atoms with Crippen LogP contribution in [0.25, 0.3) is 82.6 Å². The summed E-state index contributed by atoms with van der Waals surface area (Å²) >= 11 is 0. The number of hydrogen-bond donors (Lipinski definition) is 0. The summed E-state index contributed by atoms with van der Waals surface area (Å²) in [5, 5.41) is 5.86. The van der Waals surface area contributed by atoms with E-state index in [1.165, 1.54) is 21.9 Å². The summed E-state index contributed by atoms with van der Waals surface area (Å²) in [5.74, 6) is 0. The van der Waals surface area contributed by atoms with Crippen LogP contribution in [0, 0.1) is 0 Å². The quantitative estimate of drug-likeness (QED) is 0.210. The minimum absolute atomic E-state index is 0.917. The van der Waals surface area contributed by atoms with Crippen molar-refractivity contribution in [3.05, 3.63) is 146 Å². The second kappa shape index (κ2) is 8.92. The molecule has 42 heavy (non-hydrogen) atoms. The molecule has 3 heterocycles. The first-order chi connectivity index (χ1) is 20.8. The molecule has 9 aromatic rings. The molecule has 0 fully saturated rings. The van der Waals surface area contributed by atoms with Crippen LogP contribution in [0.5, 0.6) is 0 Å². The van der Waals surface area contributed by atoms with Crippen molar-refractivity contribution in [1.82, 2.24) is 9.38 Å². The van der Waals surface area contributed by atoms with Gasteiger partial charge in [0, 0.05) is 45.1 Å². The van der Waals surface area contributed by atoms with E-state index in [1.54, 1.807) is 0 Å². The maximum absolute atomic E-state index is 6.70. The van der Waals surface area contributed by atoms with Gasteiger partial charge in [-0.25, -0.2) is 4.98 Å². The normalized spacial score (nSPS) is 11.8. The third-order valence-electron chi connectivity index (χ3n) is 8.47. The van der Waals surface area contributed by atoms with Crippen molar-refractivity contribution in [3.63, 3.8) is 0 Å². The number of imidazole rings is 1. The van der Waals surface area contributed by atoms with Gasteiger partial charge in [0.15, 0.2) is 0 Å². The smallest absolute Gasteiger partial charge is 0.145 e. The average Bonchev–Trinajstić information content (AvgIpc) is 3.71. The number of rotatable bonds is 3. The van der Waals surface area contributed by atoms with E-state index < -0.39 is 0 Å². The van der Waals surface area contributed by atoms with E-state index in [-0.39, 0.29) is 0 Å². The van der Waals surface area contributed by atoms with E-state index in [1.807, 2.05) is 18.5 Å². The topological polar surface area (TPSA) is 30.4 Å². The molecule has 0 saturated carbocycles. The maximum atomic E-state index is 6.70. The third-order valence-corrected chi connectivity index (χ3v) is 8.47. The third kappa shape index (κ3) is 3.37. The average molecular weight is 537 g/mol. The summed E-state index contributed by atoms with van der Waals surface area (Å²) < 4.78 is 8.88. The highest BCUT2D eigenvalue weighted by Gasteiger charge is 2.16. The molecule has 0 bridgehead atoms. The predicted octanol–water partition coefficient (Wildman–Crippen LogP) is 10.5. The van der Waals surface area contributed by atoms with Gasteiger partial charge in [0.05, 0.1) is 5.52 Å². The van der Waals surface area contributed by atoms with Crippen LogP contribution in [0.2, 0.25) is 0 Å². The predicted molar refractivity (Wildman–Crippen MR) is 174 cm³/mol. The van der Waals surface area contributed by atoms with E-state index >= 15 is 0 Å². The largest absolute Gasteiger partial charge is 0.455 e. The first kappa shape index (κ1) is 23.1. The van der Waals surface area contributed by atoms with E-state index in [0.717, 1.165) is 60.7 Å². The summed E-state index contributed by atoms with van der Waals surface area (Å²) in [6, 6.07) is 47.4. The van der Waals surface area contributed by atoms with Crippen LogP contribution in [-0.4, -0.2) is 9.38 Å². The first-order valence-electron chi connectivity index (χ1n) is 14.2. The second-order valence-electron chi connectivity index (χ2n) is 10.8. The van der Waals surface area contributed by atoms with Crippen molar-refractivity contribution in [2.45, 2.75) is 0 Å². The maximum Gasteiger partial charge on any atom is 0.145 e. The van der Waals surface area contributed by atoms with Gasteiger partial charge in [-0.2, -0.15) is 0 Å². The molecule has 3 aromatic heterocycles. The number of furan rings is 1. The Morgan fingerprint density at radius 2 is 1.07 bits per heavy atom. The SMILES string of the molecule is c1ccc(-c2cccc3c2oc2c(-c4cccc(-c5ccc6c(c5)c5ccccc5c5nccn65)c4)cccc23)cc1. The molecule has 0 unspecified atom stereocenters. The van der Waals surface area contributed by atoms with E-state index in [9.17, 15) is 0 Å². The Labute approximate surface area is 241 Å². The Bertz CT molecular complexity index is 2470. The molecule has 0 amide bonds. The van der Waals surface area contributed by atoms with Gasteiger partial charge in [0.25, 0.3) is 0 Å². The van der Waals surface area contributed by atoms with Crippen molar-refractivity contribution < 1.29 is 4.42 Å². The van der Waals surface area contributed by atoms with Crippen LogP contribution in [0.15, 0.2) is 150 Å². The van der Waals surface area contributed by atoms with E-state index in [4.69, 9.17) is 4.42 Å². The van der Waals surface area contributed by atoms with Crippen LogP contribution in [0.3, 0.4) is 0 Å². The Morgan fingerprint density at radius 3 is 1.88 bits per heavy atom. The second-order valence-corrected chi connectivity index (χ2v) is 10.8. The van der Waals surface area contributed by atoms with Gasteiger partial charge in [-0.3, -0.25) is 4.40 Å². The Morgan fingerprint density at radius 1 is 0.452 bits per heavy atom. The van der Waals surface area contributed by atoms with Crippen LogP contribution in [-0.2, 0) is 0 Å². The Balaban J connectivity index is 1.22. The molecule has 0 atom stereocenters. The number of aromatic nitrogens is 2. The molecule has 0 spiro atoms. The number of nitrogens with zero attached hydrogens (tertiary/aromatic N) is 2. The zero-order chi connectivity index (χ0) is 27.6. The minimum Gasteiger partial charge on any atom is -0.455 e. The van der Waals surface area contributed by atoms with Crippen LogP contribution in [0.4, 0.5) is 0 Å². The fourth-order valence-corrected chi connectivity index (χ4v) is 6.51. The summed E-state index contributed by atoms with van der Waals surface area (Å²) in [7, 11) is 0. The number of benzene rings is 6. The molecule has 6 aromatic carbocycles. The van der Waals surface area contributed by atoms with E-state index in [2.05, 4.69) is 137 Å². The number of hydrogen-bond acceptors (Lipinski definition) is 2. The lowest BCUT2D eigenvalue weighted by atomic mass is 9.96. The molecule has 0 radical (unpaired) electrons. The molecule has 196 valence electrons. The summed E-state index contributed by atoms with van der Waals surface area (Å²) in [6.45, 7) is 0. The zero-order valence-corrected chi connectivity index (χ0v) is 22.7. The highest BCUT2D eigenvalue weighted by Crippen LogP contribution is 2.40. The van der Waals surface area contributed by atoms with Crippen molar-refractivity contribution in [2.24, 2.45) is 0 Å². The minimum atomic E-state index is 0.917. The zero-order valence-electron chi connectivity index (χ0n) is 22.7. The monoisotopic (exact) mass is 536 g/mol.